The normalized spacial score (nSPS) is 13.9. The fourth-order valence-electron chi connectivity index (χ4n) is 3.37. The van der Waals surface area contributed by atoms with Crippen LogP contribution in [0.15, 0.2) is 42.5 Å². The van der Waals surface area contributed by atoms with E-state index in [1.54, 1.807) is 32.4 Å². The van der Waals surface area contributed by atoms with Gasteiger partial charge in [-0.2, -0.15) is 0 Å². The molecule has 154 valence electrons. The number of methoxy groups -OCH3 is 2. The van der Waals surface area contributed by atoms with Crippen LogP contribution in [0.5, 0.6) is 11.5 Å². The topological polar surface area (TPSA) is 59.1 Å². The fourth-order valence-corrected chi connectivity index (χ4v) is 3.50. The molecule has 3 rings (SSSR count). The molecule has 29 heavy (non-hydrogen) atoms. The molecule has 7 heteroatoms. The summed E-state index contributed by atoms with van der Waals surface area (Å²) in [4.78, 5) is 28.8. The van der Waals surface area contributed by atoms with Crippen LogP contribution in [0.3, 0.4) is 0 Å². The summed E-state index contributed by atoms with van der Waals surface area (Å²) in [6.07, 6.45) is 0.635. The SMILES string of the molecule is COc1ccc(CC(=O)N2CCN(C(=O)Cc3ccc(Cl)cc3)CC2)cc1OC. The lowest BCUT2D eigenvalue weighted by Gasteiger charge is -2.35. The maximum atomic E-state index is 12.7. The summed E-state index contributed by atoms with van der Waals surface area (Å²) in [6.45, 7) is 2.17. The van der Waals surface area contributed by atoms with Gasteiger partial charge in [0.15, 0.2) is 11.5 Å². The first-order valence-corrected chi connectivity index (χ1v) is 9.89. The third-order valence-corrected chi connectivity index (χ3v) is 5.31. The molecule has 1 saturated heterocycles. The van der Waals surface area contributed by atoms with Crippen LogP contribution in [0.25, 0.3) is 0 Å². The van der Waals surface area contributed by atoms with Gasteiger partial charge in [0, 0.05) is 31.2 Å². The molecule has 0 radical (unpaired) electrons. The molecular weight excluding hydrogens is 392 g/mol. The number of amides is 2. The standard InChI is InChI=1S/C22H25ClN2O4/c1-28-19-8-5-17(13-20(19)29-2)15-22(27)25-11-9-24(10-12-25)21(26)14-16-3-6-18(23)7-4-16/h3-8,13H,9-12,14-15H2,1-2H3. The number of ether oxygens (including phenoxy) is 2. The van der Waals surface area contributed by atoms with E-state index in [0.717, 1.165) is 11.1 Å². The zero-order valence-electron chi connectivity index (χ0n) is 16.7. The molecule has 0 aliphatic carbocycles. The van der Waals surface area contributed by atoms with Gasteiger partial charge in [-0.15, -0.1) is 0 Å². The fraction of sp³-hybridized carbons (Fsp3) is 0.364. The average Bonchev–Trinajstić information content (AvgIpc) is 2.75. The quantitative estimate of drug-likeness (QED) is 0.726. The van der Waals surface area contributed by atoms with Crippen LogP contribution in [0.2, 0.25) is 5.02 Å². The van der Waals surface area contributed by atoms with E-state index in [-0.39, 0.29) is 11.8 Å². The van der Waals surface area contributed by atoms with Gasteiger partial charge in [-0.25, -0.2) is 0 Å². The van der Waals surface area contributed by atoms with E-state index in [0.29, 0.717) is 55.5 Å². The molecule has 1 aliphatic rings. The van der Waals surface area contributed by atoms with Crippen molar-refractivity contribution in [1.29, 1.82) is 0 Å². The van der Waals surface area contributed by atoms with Crippen molar-refractivity contribution in [2.75, 3.05) is 40.4 Å². The van der Waals surface area contributed by atoms with Crippen molar-refractivity contribution in [2.24, 2.45) is 0 Å². The summed E-state index contributed by atoms with van der Waals surface area (Å²) in [5, 5.41) is 0.655. The van der Waals surface area contributed by atoms with Crippen LogP contribution in [-0.2, 0) is 22.4 Å². The molecule has 2 aromatic carbocycles. The van der Waals surface area contributed by atoms with Crippen LogP contribution in [0.1, 0.15) is 11.1 Å². The molecule has 0 saturated carbocycles. The predicted octanol–water partition coefficient (Wildman–Crippen LogP) is 2.81. The molecule has 0 spiro atoms. The third-order valence-electron chi connectivity index (χ3n) is 5.06. The molecular formula is C22H25ClN2O4. The zero-order chi connectivity index (χ0) is 20.8. The smallest absolute Gasteiger partial charge is 0.227 e. The molecule has 2 amide bonds. The first kappa shape index (κ1) is 21.0. The Morgan fingerprint density at radius 1 is 0.793 bits per heavy atom. The Balaban J connectivity index is 1.51. The Labute approximate surface area is 176 Å². The van der Waals surface area contributed by atoms with Crippen molar-refractivity contribution in [2.45, 2.75) is 12.8 Å². The Bertz CT molecular complexity index is 862. The molecule has 2 aromatic rings. The minimum atomic E-state index is 0.0435. The highest BCUT2D eigenvalue weighted by molar-refractivity contribution is 6.30. The summed E-state index contributed by atoms with van der Waals surface area (Å²) in [5.41, 5.74) is 1.81. The number of benzene rings is 2. The largest absolute Gasteiger partial charge is 0.493 e. The van der Waals surface area contributed by atoms with E-state index in [4.69, 9.17) is 21.1 Å². The second kappa shape index (κ2) is 9.65. The first-order chi connectivity index (χ1) is 14.0. The molecule has 0 aromatic heterocycles. The molecule has 0 atom stereocenters. The van der Waals surface area contributed by atoms with Gasteiger partial charge >= 0.3 is 0 Å². The number of carbonyl (C=O) groups is 2. The van der Waals surface area contributed by atoms with E-state index >= 15 is 0 Å². The highest BCUT2D eigenvalue weighted by Crippen LogP contribution is 2.28. The van der Waals surface area contributed by atoms with Gasteiger partial charge in [0.2, 0.25) is 11.8 Å². The highest BCUT2D eigenvalue weighted by atomic mass is 35.5. The molecule has 1 aliphatic heterocycles. The molecule has 1 fully saturated rings. The predicted molar refractivity (Wildman–Crippen MR) is 112 cm³/mol. The summed E-state index contributed by atoms with van der Waals surface area (Å²) in [6, 6.07) is 12.8. The number of halogens is 1. The Morgan fingerprint density at radius 3 is 1.79 bits per heavy atom. The Kier molecular flexibility index (Phi) is 6.99. The zero-order valence-corrected chi connectivity index (χ0v) is 17.4. The molecule has 1 heterocycles. The van der Waals surface area contributed by atoms with Gasteiger partial charge < -0.3 is 19.3 Å². The lowest BCUT2D eigenvalue weighted by molar-refractivity contribution is -0.138. The van der Waals surface area contributed by atoms with Crippen molar-refractivity contribution in [1.82, 2.24) is 9.80 Å². The summed E-state index contributed by atoms with van der Waals surface area (Å²) >= 11 is 5.89. The minimum absolute atomic E-state index is 0.0435. The monoisotopic (exact) mass is 416 g/mol. The summed E-state index contributed by atoms with van der Waals surface area (Å²) < 4.78 is 10.5. The third kappa shape index (κ3) is 5.41. The second-order valence-electron chi connectivity index (χ2n) is 6.93. The van der Waals surface area contributed by atoms with Crippen molar-refractivity contribution in [3.63, 3.8) is 0 Å². The second-order valence-corrected chi connectivity index (χ2v) is 7.37. The van der Waals surface area contributed by atoms with Crippen LogP contribution >= 0.6 is 11.6 Å². The van der Waals surface area contributed by atoms with Gasteiger partial charge in [-0.05, 0) is 35.4 Å². The van der Waals surface area contributed by atoms with Crippen molar-refractivity contribution in [3.8, 4) is 11.5 Å². The molecule has 0 unspecified atom stereocenters. The lowest BCUT2D eigenvalue weighted by Crippen LogP contribution is -2.51. The number of rotatable bonds is 6. The summed E-state index contributed by atoms with van der Waals surface area (Å²) in [5.74, 6) is 1.35. The van der Waals surface area contributed by atoms with Crippen molar-refractivity contribution >= 4 is 23.4 Å². The summed E-state index contributed by atoms with van der Waals surface area (Å²) in [7, 11) is 3.15. The highest BCUT2D eigenvalue weighted by Gasteiger charge is 2.24. The van der Waals surface area contributed by atoms with Crippen molar-refractivity contribution in [3.05, 3.63) is 58.6 Å². The Hall–Kier alpha value is -2.73. The molecule has 0 N–H and O–H groups in total. The van der Waals surface area contributed by atoms with E-state index in [1.165, 1.54) is 0 Å². The van der Waals surface area contributed by atoms with Crippen LogP contribution in [-0.4, -0.2) is 62.0 Å². The Morgan fingerprint density at radius 2 is 1.28 bits per heavy atom. The van der Waals surface area contributed by atoms with Crippen molar-refractivity contribution < 1.29 is 19.1 Å². The molecule has 0 bridgehead atoms. The first-order valence-electron chi connectivity index (χ1n) is 9.51. The van der Waals surface area contributed by atoms with Gasteiger partial charge in [0.1, 0.15) is 0 Å². The van der Waals surface area contributed by atoms with Gasteiger partial charge in [-0.3, -0.25) is 9.59 Å². The maximum absolute atomic E-state index is 12.7. The van der Waals surface area contributed by atoms with Gasteiger partial charge in [0.25, 0.3) is 0 Å². The molecule has 6 nitrogen and oxygen atoms in total. The van der Waals surface area contributed by atoms with E-state index in [2.05, 4.69) is 0 Å². The minimum Gasteiger partial charge on any atom is -0.493 e. The number of nitrogens with zero attached hydrogens (tertiary/aromatic N) is 2. The van der Waals surface area contributed by atoms with E-state index in [1.807, 2.05) is 34.1 Å². The van der Waals surface area contributed by atoms with Crippen LogP contribution in [0.4, 0.5) is 0 Å². The number of piperazine rings is 1. The van der Waals surface area contributed by atoms with E-state index in [9.17, 15) is 9.59 Å². The van der Waals surface area contributed by atoms with Crippen LogP contribution in [0, 0.1) is 0 Å². The van der Waals surface area contributed by atoms with Gasteiger partial charge in [0.05, 0.1) is 27.1 Å². The lowest BCUT2D eigenvalue weighted by atomic mass is 10.1. The average molecular weight is 417 g/mol. The number of hydrogen-bond acceptors (Lipinski definition) is 4. The maximum Gasteiger partial charge on any atom is 0.227 e. The van der Waals surface area contributed by atoms with Crippen LogP contribution < -0.4 is 9.47 Å². The van der Waals surface area contributed by atoms with E-state index < -0.39 is 0 Å². The van der Waals surface area contributed by atoms with Gasteiger partial charge in [-0.1, -0.05) is 29.8 Å². The number of carbonyl (C=O) groups excluding carboxylic acids is 2. The number of hydrogen-bond donors (Lipinski definition) is 0.